The second kappa shape index (κ2) is 3.87. The van der Waals surface area contributed by atoms with Gasteiger partial charge in [-0.05, 0) is 37.3 Å². The molecule has 1 aliphatic carbocycles. The molecule has 0 radical (unpaired) electrons. The zero-order valence-corrected chi connectivity index (χ0v) is 8.56. The van der Waals surface area contributed by atoms with Gasteiger partial charge in [0.05, 0.1) is 6.04 Å². The lowest BCUT2D eigenvalue weighted by Crippen LogP contribution is -2.30. The van der Waals surface area contributed by atoms with Crippen molar-refractivity contribution >= 4 is 0 Å². The van der Waals surface area contributed by atoms with Crippen LogP contribution >= 0.6 is 0 Å². The highest BCUT2D eigenvalue weighted by molar-refractivity contribution is 5.29. The quantitative estimate of drug-likeness (QED) is 0.595. The Bertz CT molecular complexity index is 375. The Labute approximate surface area is 87.4 Å². The Hall–Kier alpha value is -1.00. The molecule has 0 heterocycles. The average molecular weight is 212 g/mol. The van der Waals surface area contributed by atoms with Crippen LogP contribution in [-0.2, 0) is 0 Å². The Morgan fingerprint density at radius 3 is 2.53 bits per heavy atom. The predicted octanol–water partition coefficient (Wildman–Crippen LogP) is 2.19. The number of aryl methyl sites for hydroxylation is 1. The summed E-state index contributed by atoms with van der Waals surface area (Å²) in [4.78, 5) is 0. The summed E-state index contributed by atoms with van der Waals surface area (Å²) in [5.41, 5.74) is 3.53. The molecular formula is C11H14F2N2. The van der Waals surface area contributed by atoms with E-state index in [9.17, 15) is 8.78 Å². The van der Waals surface area contributed by atoms with Crippen LogP contribution in [0.25, 0.3) is 0 Å². The molecule has 1 unspecified atom stereocenters. The summed E-state index contributed by atoms with van der Waals surface area (Å²) in [6.07, 6.45) is 2.09. The maximum Gasteiger partial charge on any atom is 0.130 e. The fourth-order valence-electron chi connectivity index (χ4n) is 1.83. The highest BCUT2D eigenvalue weighted by Crippen LogP contribution is 2.41. The average Bonchev–Trinajstić information content (AvgIpc) is 2.99. The first-order valence-electron chi connectivity index (χ1n) is 5.05. The number of hydrogen-bond donors (Lipinski definition) is 2. The molecule has 1 saturated carbocycles. The fourth-order valence-corrected chi connectivity index (χ4v) is 1.83. The number of nitrogens with two attached hydrogens (primary N) is 1. The van der Waals surface area contributed by atoms with Crippen LogP contribution in [0, 0.1) is 24.5 Å². The van der Waals surface area contributed by atoms with Crippen molar-refractivity contribution in [3.05, 3.63) is 34.9 Å². The van der Waals surface area contributed by atoms with Crippen molar-refractivity contribution in [1.29, 1.82) is 0 Å². The van der Waals surface area contributed by atoms with Gasteiger partial charge in [0.15, 0.2) is 0 Å². The smallest absolute Gasteiger partial charge is 0.130 e. The van der Waals surface area contributed by atoms with Crippen LogP contribution in [0.5, 0.6) is 0 Å². The van der Waals surface area contributed by atoms with E-state index in [-0.39, 0.29) is 6.04 Å². The lowest BCUT2D eigenvalue weighted by molar-refractivity contribution is 0.463. The van der Waals surface area contributed by atoms with Crippen LogP contribution in [0.3, 0.4) is 0 Å². The molecule has 3 N–H and O–H groups in total. The minimum atomic E-state index is -0.520. The molecular weight excluding hydrogens is 198 g/mol. The largest absolute Gasteiger partial charge is 0.271 e. The molecule has 15 heavy (non-hydrogen) atoms. The number of halogens is 2. The lowest BCUT2D eigenvalue weighted by Gasteiger charge is -2.17. The van der Waals surface area contributed by atoms with E-state index in [1.165, 1.54) is 6.07 Å². The van der Waals surface area contributed by atoms with E-state index in [1.54, 1.807) is 6.92 Å². The number of hydrogen-bond acceptors (Lipinski definition) is 2. The molecule has 1 aromatic carbocycles. The van der Waals surface area contributed by atoms with Crippen LogP contribution in [0.1, 0.15) is 30.0 Å². The molecule has 0 spiro atoms. The summed E-state index contributed by atoms with van der Waals surface area (Å²) >= 11 is 0. The normalized spacial score (nSPS) is 17.9. The summed E-state index contributed by atoms with van der Waals surface area (Å²) in [6.45, 7) is 1.62. The number of hydrazine groups is 1. The highest BCUT2D eigenvalue weighted by Gasteiger charge is 2.33. The van der Waals surface area contributed by atoms with Gasteiger partial charge in [-0.1, -0.05) is 0 Å². The molecule has 0 saturated heterocycles. The van der Waals surface area contributed by atoms with Crippen LogP contribution in [0.15, 0.2) is 12.1 Å². The maximum atomic E-state index is 13.5. The first-order chi connectivity index (χ1) is 7.13. The van der Waals surface area contributed by atoms with Crippen molar-refractivity contribution in [2.75, 3.05) is 0 Å². The Morgan fingerprint density at radius 1 is 1.33 bits per heavy atom. The van der Waals surface area contributed by atoms with E-state index < -0.39 is 11.6 Å². The molecule has 1 atom stereocenters. The zero-order valence-electron chi connectivity index (χ0n) is 8.56. The minimum Gasteiger partial charge on any atom is -0.271 e. The van der Waals surface area contributed by atoms with Crippen molar-refractivity contribution in [3.63, 3.8) is 0 Å². The number of nitrogens with one attached hydrogen (secondary N) is 1. The summed E-state index contributed by atoms with van der Waals surface area (Å²) in [7, 11) is 0. The minimum absolute atomic E-state index is 0.190. The van der Waals surface area contributed by atoms with Crippen LogP contribution in [0.4, 0.5) is 8.78 Å². The summed E-state index contributed by atoms with van der Waals surface area (Å²) in [5.74, 6) is 4.74. The molecule has 0 amide bonds. The van der Waals surface area contributed by atoms with Crippen molar-refractivity contribution in [3.8, 4) is 0 Å². The monoisotopic (exact) mass is 212 g/mol. The third kappa shape index (κ3) is 2.01. The van der Waals surface area contributed by atoms with Gasteiger partial charge in [0.1, 0.15) is 11.6 Å². The molecule has 2 rings (SSSR count). The number of benzene rings is 1. The topological polar surface area (TPSA) is 38.0 Å². The Balaban J connectivity index is 2.37. The maximum absolute atomic E-state index is 13.5. The third-order valence-corrected chi connectivity index (χ3v) is 2.89. The molecule has 1 aromatic rings. The van der Waals surface area contributed by atoms with Crippen LogP contribution in [-0.4, -0.2) is 0 Å². The highest BCUT2D eigenvalue weighted by atomic mass is 19.1. The van der Waals surface area contributed by atoms with Gasteiger partial charge < -0.3 is 0 Å². The standard InChI is InChI=1S/C11H14F2N2/c1-6-4-8(10(13)5-9(6)12)11(15-14)7-2-3-7/h4-5,7,11,15H,2-3,14H2,1H3. The second-order valence-electron chi connectivity index (χ2n) is 4.10. The van der Waals surface area contributed by atoms with Gasteiger partial charge in [0.25, 0.3) is 0 Å². The fraction of sp³-hybridized carbons (Fsp3) is 0.455. The van der Waals surface area contributed by atoms with Gasteiger partial charge in [0.2, 0.25) is 0 Å². The van der Waals surface area contributed by atoms with E-state index in [4.69, 9.17) is 5.84 Å². The van der Waals surface area contributed by atoms with E-state index >= 15 is 0 Å². The molecule has 1 fully saturated rings. The molecule has 0 aromatic heterocycles. The van der Waals surface area contributed by atoms with Crippen molar-refractivity contribution in [1.82, 2.24) is 5.43 Å². The summed E-state index contributed by atoms with van der Waals surface area (Å²) in [5, 5.41) is 0. The molecule has 4 heteroatoms. The van der Waals surface area contributed by atoms with E-state index in [1.807, 2.05) is 0 Å². The van der Waals surface area contributed by atoms with Crippen LogP contribution in [0.2, 0.25) is 0 Å². The molecule has 0 aliphatic heterocycles. The molecule has 82 valence electrons. The molecule has 2 nitrogen and oxygen atoms in total. The van der Waals surface area contributed by atoms with Gasteiger partial charge in [-0.2, -0.15) is 0 Å². The Kier molecular flexibility index (Phi) is 2.71. The van der Waals surface area contributed by atoms with E-state index in [2.05, 4.69) is 5.43 Å². The third-order valence-electron chi connectivity index (χ3n) is 2.89. The Morgan fingerprint density at radius 2 is 2.00 bits per heavy atom. The molecule has 1 aliphatic rings. The van der Waals surface area contributed by atoms with Crippen LogP contribution < -0.4 is 11.3 Å². The SMILES string of the molecule is Cc1cc(C(NN)C2CC2)c(F)cc1F. The predicted molar refractivity (Wildman–Crippen MR) is 53.9 cm³/mol. The van der Waals surface area contributed by atoms with Crippen molar-refractivity contribution in [2.24, 2.45) is 11.8 Å². The first kappa shape index (κ1) is 10.5. The van der Waals surface area contributed by atoms with E-state index in [0.717, 1.165) is 18.9 Å². The summed E-state index contributed by atoms with van der Waals surface area (Å²) < 4.78 is 26.6. The first-order valence-corrected chi connectivity index (χ1v) is 5.05. The second-order valence-corrected chi connectivity index (χ2v) is 4.10. The number of rotatable bonds is 3. The van der Waals surface area contributed by atoms with Gasteiger partial charge in [-0.25, -0.2) is 8.78 Å². The van der Waals surface area contributed by atoms with Gasteiger partial charge >= 0.3 is 0 Å². The van der Waals surface area contributed by atoms with Gasteiger partial charge in [-0.15, -0.1) is 0 Å². The zero-order chi connectivity index (χ0) is 11.0. The van der Waals surface area contributed by atoms with Gasteiger partial charge in [0, 0.05) is 11.6 Å². The summed E-state index contributed by atoms with van der Waals surface area (Å²) in [6, 6.07) is 2.27. The van der Waals surface area contributed by atoms with Crippen molar-refractivity contribution < 1.29 is 8.78 Å². The molecule has 0 bridgehead atoms. The van der Waals surface area contributed by atoms with E-state index in [0.29, 0.717) is 17.0 Å². The lowest BCUT2D eigenvalue weighted by atomic mass is 10.00. The van der Waals surface area contributed by atoms with Gasteiger partial charge in [-0.3, -0.25) is 11.3 Å². The van der Waals surface area contributed by atoms with Crippen molar-refractivity contribution in [2.45, 2.75) is 25.8 Å².